The molecule has 9 nitrogen and oxygen atoms in total. The number of anilines is 3. The van der Waals surface area contributed by atoms with Gasteiger partial charge < -0.3 is 15.8 Å². The van der Waals surface area contributed by atoms with Gasteiger partial charge in [0.25, 0.3) is 0 Å². The lowest BCUT2D eigenvalue weighted by Crippen LogP contribution is -2.35. The third-order valence-electron chi connectivity index (χ3n) is 7.05. The summed E-state index contributed by atoms with van der Waals surface area (Å²) in [5.41, 5.74) is 11.5. The molecule has 5 aromatic rings. The Morgan fingerprint density at radius 2 is 1.85 bits per heavy atom. The van der Waals surface area contributed by atoms with Crippen LogP contribution in [0.25, 0.3) is 5.69 Å². The van der Waals surface area contributed by atoms with E-state index in [0.717, 1.165) is 35.7 Å². The van der Waals surface area contributed by atoms with Crippen molar-refractivity contribution in [2.24, 2.45) is 0 Å². The van der Waals surface area contributed by atoms with Gasteiger partial charge >= 0.3 is 0 Å². The number of aryl methyl sites for hydroxylation is 1. The van der Waals surface area contributed by atoms with E-state index in [1.165, 1.54) is 22.6 Å². The van der Waals surface area contributed by atoms with Crippen LogP contribution in [0.4, 0.5) is 21.8 Å². The summed E-state index contributed by atoms with van der Waals surface area (Å²) < 4.78 is 21.7. The summed E-state index contributed by atoms with van der Waals surface area (Å²) in [6, 6.07) is 23.1. The van der Waals surface area contributed by atoms with E-state index in [4.69, 9.17) is 15.5 Å². The van der Waals surface area contributed by atoms with Crippen LogP contribution in [0.2, 0.25) is 0 Å². The minimum atomic E-state index is -0.447. The number of rotatable bonds is 7. The number of halogens is 1. The molecule has 0 amide bonds. The topological polar surface area (TPSA) is 107 Å². The van der Waals surface area contributed by atoms with Crippen LogP contribution >= 0.6 is 0 Å². The van der Waals surface area contributed by atoms with E-state index in [0.29, 0.717) is 35.5 Å². The number of nitrogens with zero attached hydrogens (tertiary/aromatic N) is 6. The fourth-order valence-electron chi connectivity index (χ4n) is 5.08. The predicted octanol–water partition coefficient (Wildman–Crippen LogP) is 4.99. The summed E-state index contributed by atoms with van der Waals surface area (Å²) in [4.78, 5) is 15.9. The summed E-state index contributed by atoms with van der Waals surface area (Å²) in [6.45, 7) is 3.89. The number of nitrogen functional groups attached to an aromatic ring is 1. The maximum atomic E-state index is 14.9. The van der Waals surface area contributed by atoms with Gasteiger partial charge in [-0.3, -0.25) is 4.90 Å². The monoisotopic (exact) mass is 536 g/mol. The number of nitrogens with two attached hydrogens (primary N) is 1. The van der Waals surface area contributed by atoms with Crippen LogP contribution in [0.5, 0.6) is 5.75 Å². The Hall–Kier alpha value is -4.83. The molecule has 0 fully saturated rings. The summed E-state index contributed by atoms with van der Waals surface area (Å²) in [7, 11) is 1.66. The van der Waals surface area contributed by atoms with Gasteiger partial charge in [0.1, 0.15) is 29.4 Å². The Kier molecular flexibility index (Phi) is 6.83. The Bertz CT molecular complexity index is 1640. The first-order valence-corrected chi connectivity index (χ1v) is 13.0. The number of nitrogens with one attached hydrogen (secondary N) is 1. The van der Waals surface area contributed by atoms with Gasteiger partial charge in [0, 0.05) is 36.8 Å². The molecule has 3 heterocycles. The van der Waals surface area contributed by atoms with E-state index in [1.807, 2.05) is 30.3 Å². The van der Waals surface area contributed by atoms with Crippen molar-refractivity contribution in [1.82, 2.24) is 29.6 Å². The van der Waals surface area contributed by atoms with Crippen molar-refractivity contribution in [3.63, 3.8) is 0 Å². The predicted molar refractivity (Wildman–Crippen MR) is 151 cm³/mol. The lowest BCUT2D eigenvalue weighted by Gasteiger charge is -2.35. The molecular formula is C30H29FN8O. The van der Waals surface area contributed by atoms with E-state index in [2.05, 4.69) is 49.5 Å². The van der Waals surface area contributed by atoms with Crippen LogP contribution in [-0.4, -0.2) is 43.3 Å². The summed E-state index contributed by atoms with van der Waals surface area (Å²) in [5.74, 6) is 1.67. The SMILES string of the molecule is COc1ccc(CN2Cc3c(N)nc(Nc4ccc(-n5cnc(C)n5)c(F)c4)nc3C(c3ccccc3)C2)cc1. The van der Waals surface area contributed by atoms with Gasteiger partial charge in [-0.15, -0.1) is 0 Å². The molecule has 1 atom stereocenters. The second-order valence-corrected chi connectivity index (χ2v) is 9.80. The lowest BCUT2D eigenvalue weighted by molar-refractivity contribution is 0.229. The van der Waals surface area contributed by atoms with E-state index in [-0.39, 0.29) is 5.92 Å². The highest BCUT2D eigenvalue weighted by atomic mass is 19.1. The molecule has 202 valence electrons. The Balaban J connectivity index is 1.30. The Morgan fingerprint density at radius 1 is 1.05 bits per heavy atom. The zero-order chi connectivity index (χ0) is 27.6. The minimum absolute atomic E-state index is 0.0104. The molecule has 1 unspecified atom stereocenters. The van der Waals surface area contributed by atoms with Crippen LogP contribution in [0.15, 0.2) is 79.1 Å². The average Bonchev–Trinajstić information content (AvgIpc) is 3.40. The molecular weight excluding hydrogens is 507 g/mol. The maximum Gasteiger partial charge on any atom is 0.229 e. The molecule has 10 heteroatoms. The molecule has 6 rings (SSSR count). The Labute approximate surface area is 231 Å². The lowest BCUT2D eigenvalue weighted by atomic mass is 9.88. The first kappa shape index (κ1) is 25.4. The summed E-state index contributed by atoms with van der Waals surface area (Å²) >= 11 is 0. The molecule has 40 heavy (non-hydrogen) atoms. The largest absolute Gasteiger partial charge is 0.497 e. The van der Waals surface area contributed by atoms with Gasteiger partial charge in [0.05, 0.1) is 12.8 Å². The van der Waals surface area contributed by atoms with Gasteiger partial charge in [-0.25, -0.2) is 19.0 Å². The molecule has 3 N–H and O–H groups in total. The van der Waals surface area contributed by atoms with Gasteiger partial charge in [-0.05, 0) is 48.4 Å². The van der Waals surface area contributed by atoms with Crippen molar-refractivity contribution < 1.29 is 9.13 Å². The normalized spacial score (nSPS) is 15.0. The molecule has 0 spiro atoms. The van der Waals surface area contributed by atoms with Crippen molar-refractivity contribution in [3.8, 4) is 11.4 Å². The number of aromatic nitrogens is 5. The van der Waals surface area contributed by atoms with Gasteiger partial charge in [-0.1, -0.05) is 42.5 Å². The first-order chi connectivity index (χ1) is 19.5. The number of hydrogen-bond acceptors (Lipinski definition) is 8. The van der Waals surface area contributed by atoms with Crippen molar-refractivity contribution >= 4 is 17.5 Å². The van der Waals surface area contributed by atoms with Crippen LogP contribution in [0, 0.1) is 12.7 Å². The second-order valence-electron chi connectivity index (χ2n) is 9.80. The number of hydrogen-bond donors (Lipinski definition) is 2. The highest BCUT2D eigenvalue weighted by Crippen LogP contribution is 2.36. The third-order valence-corrected chi connectivity index (χ3v) is 7.05. The second kappa shape index (κ2) is 10.7. The average molecular weight is 537 g/mol. The minimum Gasteiger partial charge on any atom is -0.497 e. The number of benzene rings is 3. The molecule has 1 aliphatic rings. The molecule has 3 aromatic carbocycles. The smallest absolute Gasteiger partial charge is 0.229 e. The van der Waals surface area contributed by atoms with Crippen molar-refractivity contribution in [2.75, 3.05) is 24.7 Å². The van der Waals surface area contributed by atoms with E-state index in [9.17, 15) is 4.39 Å². The van der Waals surface area contributed by atoms with Crippen molar-refractivity contribution in [1.29, 1.82) is 0 Å². The summed E-state index contributed by atoms with van der Waals surface area (Å²) in [5, 5.41) is 7.33. The van der Waals surface area contributed by atoms with Gasteiger partial charge in [0.15, 0.2) is 5.82 Å². The van der Waals surface area contributed by atoms with E-state index < -0.39 is 5.82 Å². The van der Waals surface area contributed by atoms with Crippen LogP contribution in [0.3, 0.4) is 0 Å². The zero-order valence-corrected chi connectivity index (χ0v) is 22.3. The van der Waals surface area contributed by atoms with Crippen molar-refractivity contribution in [3.05, 3.63) is 113 Å². The molecule has 0 radical (unpaired) electrons. The highest BCUT2D eigenvalue weighted by Gasteiger charge is 2.31. The van der Waals surface area contributed by atoms with Crippen molar-refractivity contribution in [2.45, 2.75) is 25.9 Å². The molecule has 0 saturated carbocycles. The van der Waals surface area contributed by atoms with E-state index in [1.54, 1.807) is 26.2 Å². The fraction of sp³-hybridized carbons (Fsp3) is 0.200. The quantitative estimate of drug-likeness (QED) is 0.300. The van der Waals surface area contributed by atoms with Crippen LogP contribution in [0.1, 0.15) is 34.1 Å². The van der Waals surface area contributed by atoms with E-state index >= 15 is 0 Å². The standard InChI is InChI=1S/C30H29FN8O/c1-19-33-18-39(37-19)27-13-10-22(14-26(27)31)34-30-35-28-24(21-6-4-3-5-7-21)16-38(17-25(28)29(32)36-30)15-20-8-11-23(40-2)12-9-20/h3-14,18,24H,15-17H2,1-2H3,(H3,32,34,35,36). The molecule has 0 aliphatic carbocycles. The number of fused-ring (bicyclic) bond motifs is 1. The molecule has 1 aliphatic heterocycles. The zero-order valence-electron chi connectivity index (χ0n) is 22.3. The maximum absolute atomic E-state index is 14.9. The van der Waals surface area contributed by atoms with Gasteiger partial charge in [0.2, 0.25) is 5.95 Å². The Morgan fingerprint density at radius 3 is 2.55 bits per heavy atom. The molecule has 0 bridgehead atoms. The van der Waals surface area contributed by atoms with Crippen LogP contribution < -0.4 is 15.8 Å². The number of ether oxygens (including phenoxy) is 1. The first-order valence-electron chi connectivity index (χ1n) is 13.0. The molecule has 0 saturated heterocycles. The summed E-state index contributed by atoms with van der Waals surface area (Å²) in [6.07, 6.45) is 1.48. The highest BCUT2D eigenvalue weighted by molar-refractivity contribution is 5.59. The molecule has 2 aromatic heterocycles. The third kappa shape index (κ3) is 5.21. The van der Waals surface area contributed by atoms with Gasteiger partial charge in [-0.2, -0.15) is 10.1 Å². The number of methoxy groups -OCH3 is 1. The fourth-order valence-corrected chi connectivity index (χ4v) is 5.08. The van der Waals surface area contributed by atoms with Crippen LogP contribution in [-0.2, 0) is 13.1 Å².